The van der Waals surface area contributed by atoms with E-state index < -0.39 is 11.7 Å². The van der Waals surface area contributed by atoms with Gasteiger partial charge in [-0.1, -0.05) is 53.7 Å². The number of H-pyrrole nitrogens is 1. The minimum absolute atomic E-state index is 0.0785. The van der Waals surface area contributed by atoms with Crippen molar-refractivity contribution in [2.24, 2.45) is 0 Å². The molecule has 31 heavy (non-hydrogen) atoms. The molecule has 1 amide bonds. The van der Waals surface area contributed by atoms with Gasteiger partial charge in [-0.25, -0.2) is 4.98 Å². The molecule has 1 aromatic heterocycles. The smallest absolute Gasteiger partial charge is 0.352 e. The molecule has 0 atom stereocenters. The number of hydrogen-bond acceptors (Lipinski definition) is 4. The Labute approximate surface area is 181 Å². The molecule has 1 heterocycles. The largest absolute Gasteiger partial charge is 0.416 e. The third-order valence-corrected chi connectivity index (χ3v) is 5.29. The molecule has 0 unspecified atom stereocenters. The summed E-state index contributed by atoms with van der Waals surface area (Å²) in [7, 11) is 0. The number of carbonyl (C=O) groups excluding carboxylic acids is 1. The fourth-order valence-electron chi connectivity index (χ4n) is 2.84. The lowest BCUT2D eigenvalue weighted by molar-refractivity contribution is -0.137. The molecule has 0 spiro atoms. The van der Waals surface area contributed by atoms with Crippen molar-refractivity contribution in [3.8, 4) is 0 Å². The number of thioether (sulfide) groups is 1. The number of aryl methyl sites for hydroxylation is 1. The molecule has 0 aliphatic heterocycles. The van der Waals surface area contributed by atoms with E-state index in [4.69, 9.17) is 0 Å². The van der Waals surface area contributed by atoms with Crippen LogP contribution in [0.1, 0.15) is 27.9 Å². The fraction of sp³-hybridized carbons (Fsp3) is 0.227. The maximum absolute atomic E-state index is 12.6. The first-order valence-corrected chi connectivity index (χ1v) is 10.4. The molecule has 5 nitrogen and oxygen atoms in total. The molecule has 0 aliphatic carbocycles. The third-order valence-electron chi connectivity index (χ3n) is 4.34. The first-order chi connectivity index (χ1) is 14.7. The number of nitrogens with one attached hydrogen (secondary N) is 2. The van der Waals surface area contributed by atoms with Crippen molar-refractivity contribution in [3.63, 3.8) is 0 Å². The quantitative estimate of drug-likeness (QED) is 0.420. The van der Waals surface area contributed by atoms with Crippen LogP contribution in [-0.4, -0.2) is 15.9 Å². The van der Waals surface area contributed by atoms with Gasteiger partial charge in [0.1, 0.15) is 0 Å². The van der Waals surface area contributed by atoms with Crippen LogP contribution in [0.4, 0.5) is 13.2 Å². The summed E-state index contributed by atoms with van der Waals surface area (Å²) in [6.45, 7) is 2.08. The topological polar surface area (TPSA) is 74.8 Å². The van der Waals surface area contributed by atoms with Gasteiger partial charge in [-0.15, -0.1) is 0 Å². The lowest BCUT2D eigenvalue weighted by Gasteiger charge is -2.09. The predicted octanol–water partition coefficient (Wildman–Crippen LogP) is 4.25. The van der Waals surface area contributed by atoms with Crippen LogP contribution in [0.25, 0.3) is 0 Å². The van der Waals surface area contributed by atoms with E-state index in [2.05, 4.69) is 15.3 Å². The zero-order valence-corrected chi connectivity index (χ0v) is 17.4. The van der Waals surface area contributed by atoms with Crippen LogP contribution in [0.3, 0.4) is 0 Å². The van der Waals surface area contributed by atoms with Crippen molar-refractivity contribution in [1.82, 2.24) is 15.3 Å². The molecule has 3 aromatic rings. The number of aromatic nitrogens is 2. The lowest BCUT2D eigenvalue weighted by Crippen LogP contribution is -2.26. The van der Waals surface area contributed by atoms with Crippen LogP contribution in [0.15, 0.2) is 64.5 Å². The molecule has 0 radical (unpaired) electrons. The molecule has 0 saturated carbocycles. The number of halogens is 3. The van der Waals surface area contributed by atoms with Gasteiger partial charge in [0.15, 0.2) is 5.16 Å². The van der Waals surface area contributed by atoms with E-state index in [9.17, 15) is 22.8 Å². The second-order valence-corrected chi connectivity index (χ2v) is 7.93. The highest BCUT2D eigenvalue weighted by molar-refractivity contribution is 7.98. The molecule has 0 saturated heterocycles. The van der Waals surface area contributed by atoms with Crippen molar-refractivity contribution in [2.45, 2.75) is 37.0 Å². The summed E-state index contributed by atoms with van der Waals surface area (Å²) in [5, 5.41) is 3.05. The number of benzene rings is 2. The molecule has 2 aromatic carbocycles. The Morgan fingerprint density at radius 1 is 1.10 bits per heavy atom. The molecule has 162 valence electrons. The summed E-state index contributed by atoms with van der Waals surface area (Å²) in [6, 6.07) is 13.8. The first kappa shape index (κ1) is 22.6. The highest BCUT2D eigenvalue weighted by atomic mass is 32.2. The van der Waals surface area contributed by atoms with Crippen molar-refractivity contribution >= 4 is 17.7 Å². The third kappa shape index (κ3) is 6.99. The number of nitrogens with zero attached hydrogens (tertiary/aromatic N) is 1. The summed E-state index contributed by atoms with van der Waals surface area (Å²) >= 11 is 1.36. The number of alkyl halides is 3. The van der Waals surface area contributed by atoms with E-state index in [1.807, 2.05) is 31.2 Å². The van der Waals surface area contributed by atoms with Crippen LogP contribution < -0.4 is 10.9 Å². The molecular weight excluding hydrogens is 427 g/mol. The molecule has 9 heteroatoms. The maximum Gasteiger partial charge on any atom is 0.416 e. The molecule has 3 rings (SSSR count). The van der Waals surface area contributed by atoms with Gasteiger partial charge in [-0.05, 0) is 30.2 Å². The number of aromatic amines is 1. The van der Waals surface area contributed by atoms with Gasteiger partial charge in [0.05, 0.1) is 17.7 Å². The van der Waals surface area contributed by atoms with Crippen molar-refractivity contribution in [3.05, 3.63) is 92.9 Å². The van der Waals surface area contributed by atoms with E-state index >= 15 is 0 Å². The van der Waals surface area contributed by atoms with E-state index in [1.165, 1.54) is 30.0 Å². The lowest BCUT2D eigenvalue weighted by atomic mass is 10.1. The van der Waals surface area contributed by atoms with Crippen molar-refractivity contribution in [2.75, 3.05) is 0 Å². The number of carbonyl (C=O) groups is 1. The summed E-state index contributed by atoms with van der Waals surface area (Å²) in [6.07, 6.45) is -4.51. The second kappa shape index (κ2) is 9.82. The summed E-state index contributed by atoms with van der Waals surface area (Å²) < 4.78 is 37.8. The van der Waals surface area contributed by atoms with E-state index in [-0.39, 0.29) is 24.4 Å². The minimum atomic E-state index is -4.40. The van der Waals surface area contributed by atoms with Crippen LogP contribution in [0.5, 0.6) is 0 Å². The Morgan fingerprint density at radius 3 is 2.52 bits per heavy atom. The number of hydrogen-bond donors (Lipinski definition) is 2. The molecule has 0 bridgehead atoms. The summed E-state index contributed by atoms with van der Waals surface area (Å²) in [5.74, 6) is 0.237. The average molecular weight is 447 g/mol. The summed E-state index contributed by atoms with van der Waals surface area (Å²) in [5.41, 5.74) is 1.98. The zero-order valence-electron chi connectivity index (χ0n) is 16.6. The highest BCUT2D eigenvalue weighted by Gasteiger charge is 2.29. The van der Waals surface area contributed by atoms with Gasteiger partial charge in [0.2, 0.25) is 5.91 Å². The second-order valence-electron chi connectivity index (χ2n) is 6.97. The minimum Gasteiger partial charge on any atom is -0.352 e. The van der Waals surface area contributed by atoms with Gasteiger partial charge in [0.25, 0.3) is 5.56 Å². The van der Waals surface area contributed by atoms with Crippen molar-refractivity contribution in [1.29, 1.82) is 0 Å². The summed E-state index contributed by atoms with van der Waals surface area (Å²) in [4.78, 5) is 31.1. The van der Waals surface area contributed by atoms with E-state index in [1.54, 1.807) is 0 Å². The zero-order chi connectivity index (χ0) is 22.4. The van der Waals surface area contributed by atoms with Gasteiger partial charge >= 0.3 is 6.18 Å². The Kier molecular flexibility index (Phi) is 7.17. The maximum atomic E-state index is 12.6. The van der Waals surface area contributed by atoms with Crippen LogP contribution in [0, 0.1) is 6.92 Å². The predicted molar refractivity (Wildman–Crippen MR) is 113 cm³/mol. The molecule has 0 aliphatic rings. The van der Waals surface area contributed by atoms with Gasteiger partial charge in [-0.2, -0.15) is 13.2 Å². The molecule has 0 fully saturated rings. The van der Waals surface area contributed by atoms with Crippen LogP contribution in [-0.2, 0) is 29.7 Å². The Hall–Kier alpha value is -3.07. The SMILES string of the molecule is Cc1cccc(CSc2nc(CC(=O)NCc3ccc(C(F)(F)F)cc3)cc(=O)[nH]2)c1. The number of rotatable bonds is 7. The Bertz CT molecular complexity index is 1110. The Balaban J connectivity index is 1.56. The molecule has 2 N–H and O–H groups in total. The average Bonchev–Trinajstić information content (AvgIpc) is 2.70. The van der Waals surface area contributed by atoms with Crippen LogP contribution >= 0.6 is 11.8 Å². The van der Waals surface area contributed by atoms with E-state index in [0.717, 1.165) is 23.3 Å². The normalized spacial score (nSPS) is 11.4. The van der Waals surface area contributed by atoms with E-state index in [0.29, 0.717) is 22.2 Å². The first-order valence-electron chi connectivity index (χ1n) is 9.40. The monoisotopic (exact) mass is 447 g/mol. The van der Waals surface area contributed by atoms with Crippen LogP contribution in [0.2, 0.25) is 0 Å². The van der Waals surface area contributed by atoms with Gasteiger partial charge < -0.3 is 10.3 Å². The standard InChI is InChI=1S/C22H20F3N3O2S/c1-14-3-2-4-16(9-14)13-31-21-27-18(11-20(30)28-21)10-19(29)26-12-15-5-7-17(8-6-15)22(23,24)25/h2-9,11H,10,12-13H2,1H3,(H,26,29)(H,27,28,30). The van der Waals surface area contributed by atoms with Gasteiger partial charge in [0, 0.05) is 18.4 Å². The van der Waals surface area contributed by atoms with Crippen molar-refractivity contribution < 1.29 is 18.0 Å². The number of amides is 1. The molecular formula is C22H20F3N3O2S. The fourth-order valence-corrected chi connectivity index (χ4v) is 3.67. The van der Waals surface area contributed by atoms with Gasteiger partial charge in [-0.3, -0.25) is 9.59 Å². The highest BCUT2D eigenvalue weighted by Crippen LogP contribution is 2.29. The Morgan fingerprint density at radius 2 is 1.84 bits per heavy atom.